The Hall–Kier alpha value is -2.25. The van der Waals surface area contributed by atoms with Crippen LogP contribution in [0.1, 0.15) is 32.1 Å². The fourth-order valence-electron chi connectivity index (χ4n) is 7.72. The molecule has 7 heteroatoms. The highest BCUT2D eigenvalue weighted by atomic mass is 32.1. The summed E-state index contributed by atoms with van der Waals surface area (Å²) in [4.78, 5) is 33.2. The lowest BCUT2D eigenvalue weighted by Gasteiger charge is -2.40. The van der Waals surface area contributed by atoms with Gasteiger partial charge in [-0.15, -0.1) is 0 Å². The molecule has 2 aliphatic heterocycles. The number of allylic oxidation sites excluding steroid dienone is 2. The molecule has 5 aliphatic rings. The van der Waals surface area contributed by atoms with E-state index in [1.54, 1.807) is 16.4 Å². The van der Waals surface area contributed by atoms with Crippen molar-refractivity contribution in [3.05, 3.63) is 36.4 Å². The van der Waals surface area contributed by atoms with E-state index in [2.05, 4.69) is 46.2 Å². The Labute approximate surface area is 211 Å². The lowest BCUT2D eigenvalue weighted by Crippen LogP contribution is -2.49. The molecule has 184 valence electrons. The van der Waals surface area contributed by atoms with Crippen molar-refractivity contribution in [3.63, 3.8) is 0 Å². The Morgan fingerprint density at radius 2 is 1.51 bits per heavy atom. The lowest BCUT2D eigenvalue weighted by molar-refractivity contribution is -0.142. The molecule has 3 aliphatic carbocycles. The second-order valence-electron chi connectivity index (χ2n) is 11.4. The Kier molecular flexibility index (Phi) is 5.46. The second-order valence-corrected chi connectivity index (χ2v) is 12.2. The van der Waals surface area contributed by atoms with Crippen molar-refractivity contribution in [2.24, 2.45) is 35.5 Å². The van der Waals surface area contributed by atoms with Gasteiger partial charge in [0.15, 0.2) is 0 Å². The third-order valence-electron chi connectivity index (χ3n) is 9.57. The van der Waals surface area contributed by atoms with Gasteiger partial charge >= 0.3 is 0 Å². The van der Waals surface area contributed by atoms with Gasteiger partial charge in [-0.3, -0.25) is 19.4 Å². The van der Waals surface area contributed by atoms with Crippen LogP contribution in [0.5, 0.6) is 0 Å². The molecule has 1 aromatic heterocycles. The average Bonchev–Trinajstić information content (AvgIpc) is 3.66. The Balaban J connectivity index is 0.987. The molecule has 0 unspecified atom stereocenters. The van der Waals surface area contributed by atoms with Crippen molar-refractivity contribution >= 4 is 39.3 Å². The van der Waals surface area contributed by atoms with Crippen molar-refractivity contribution in [1.82, 2.24) is 14.2 Å². The third kappa shape index (κ3) is 3.65. The van der Waals surface area contributed by atoms with E-state index in [4.69, 9.17) is 4.37 Å². The van der Waals surface area contributed by atoms with Gasteiger partial charge in [0.05, 0.1) is 16.5 Å². The predicted octanol–water partition coefficient (Wildman–Crippen LogP) is 4.03. The number of carbonyl (C=O) groups is 2. The molecule has 2 aromatic rings. The Morgan fingerprint density at radius 3 is 2.23 bits per heavy atom. The molecule has 2 saturated heterocycles. The number of fused-ring (bicyclic) bond motifs is 6. The van der Waals surface area contributed by atoms with Crippen LogP contribution in [0.4, 0.5) is 5.82 Å². The number of nitrogens with zero attached hydrogens (tertiary/aromatic N) is 4. The summed E-state index contributed by atoms with van der Waals surface area (Å²) in [5.74, 6) is 2.91. The molecule has 6 nitrogen and oxygen atoms in total. The summed E-state index contributed by atoms with van der Waals surface area (Å²) in [7, 11) is 0. The van der Waals surface area contributed by atoms with Crippen molar-refractivity contribution < 1.29 is 9.59 Å². The number of aromatic nitrogens is 1. The summed E-state index contributed by atoms with van der Waals surface area (Å²) >= 11 is 1.59. The van der Waals surface area contributed by atoms with E-state index in [-0.39, 0.29) is 23.7 Å². The Morgan fingerprint density at radius 1 is 0.857 bits per heavy atom. The van der Waals surface area contributed by atoms with Crippen LogP contribution in [-0.2, 0) is 9.59 Å². The molecule has 1 aromatic carbocycles. The number of hydrogen-bond acceptors (Lipinski definition) is 6. The zero-order chi connectivity index (χ0) is 23.5. The zero-order valence-corrected chi connectivity index (χ0v) is 21.0. The zero-order valence-electron chi connectivity index (χ0n) is 20.2. The molecule has 2 bridgehead atoms. The van der Waals surface area contributed by atoms with Crippen LogP contribution in [0.3, 0.4) is 0 Å². The highest BCUT2D eigenvalue weighted by Gasteiger charge is 2.59. The van der Waals surface area contributed by atoms with Gasteiger partial charge < -0.3 is 4.90 Å². The van der Waals surface area contributed by atoms with Crippen LogP contribution in [0.2, 0.25) is 0 Å². The number of benzene rings is 1. The maximum atomic E-state index is 13.2. The van der Waals surface area contributed by atoms with E-state index in [1.165, 1.54) is 29.3 Å². The summed E-state index contributed by atoms with van der Waals surface area (Å²) < 4.78 is 6.02. The first-order chi connectivity index (χ1) is 17.2. The molecular weight excluding hydrogens is 456 g/mol. The lowest BCUT2D eigenvalue weighted by atomic mass is 9.78. The second kappa shape index (κ2) is 8.70. The first kappa shape index (κ1) is 22.0. The third-order valence-corrected chi connectivity index (χ3v) is 10.4. The van der Waals surface area contributed by atoms with Crippen molar-refractivity contribution in [2.45, 2.75) is 32.1 Å². The van der Waals surface area contributed by atoms with Crippen LogP contribution in [0.25, 0.3) is 10.1 Å². The topological polar surface area (TPSA) is 56.8 Å². The molecule has 3 heterocycles. The van der Waals surface area contributed by atoms with Crippen LogP contribution in [0.15, 0.2) is 36.4 Å². The molecule has 35 heavy (non-hydrogen) atoms. The van der Waals surface area contributed by atoms with Gasteiger partial charge in [0.25, 0.3) is 0 Å². The molecular formula is C28H34N4O2S. The minimum atomic E-state index is -0.0607. The fraction of sp³-hybridized carbons (Fsp3) is 0.607. The summed E-state index contributed by atoms with van der Waals surface area (Å²) in [6.07, 6.45) is 10.3. The van der Waals surface area contributed by atoms with E-state index >= 15 is 0 Å². The summed E-state index contributed by atoms with van der Waals surface area (Å²) in [5.41, 5.74) is 0. The van der Waals surface area contributed by atoms with Crippen LogP contribution in [0, 0.1) is 35.5 Å². The first-order valence-electron chi connectivity index (χ1n) is 13.5. The van der Waals surface area contributed by atoms with E-state index in [1.807, 2.05) is 0 Å². The quantitative estimate of drug-likeness (QED) is 0.468. The summed E-state index contributed by atoms with van der Waals surface area (Å²) in [5, 5.41) is 1.27. The average molecular weight is 491 g/mol. The van der Waals surface area contributed by atoms with Gasteiger partial charge in [-0.1, -0.05) is 37.1 Å². The largest absolute Gasteiger partial charge is 0.353 e. The number of hydrogen-bond donors (Lipinski definition) is 0. The monoisotopic (exact) mass is 490 g/mol. The van der Waals surface area contributed by atoms with E-state index in [9.17, 15) is 9.59 Å². The fourth-order valence-corrected chi connectivity index (χ4v) is 8.51. The molecule has 0 N–H and O–H groups in total. The maximum absolute atomic E-state index is 13.2. The summed E-state index contributed by atoms with van der Waals surface area (Å²) in [6, 6.07) is 8.52. The molecule has 6 atom stereocenters. The van der Waals surface area contributed by atoms with Gasteiger partial charge in [-0.2, -0.15) is 4.37 Å². The van der Waals surface area contributed by atoms with Gasteiger partial charge in [0.2, 0.25) is 11.8 Å². The maximum Gasteiger partial charge on any atom is 0.233 e. The standard InChI is InChI=1S/C28H34N4O2S/c33-27-24-18-9-10-19(15-18)25(24)28(34)32(27)17-21-6-2-1-5-20(21)16-30-11-13-31(14-12-30)26-22-7-3-4-8-23(22)35-29-26/h3-4,7-10,18-21,24-25H,1-2,5-6,11-17H2/t18-,19+,20-,21+,24-,25+/m1/s1. The summed E-state index contributed by atoms with van der Waals surface area (Å²) in [6.45, 7) is 5.86. The molecule has 2 saturated carbocycles. The predicted molar refractivity (Wildman–Crippen MR) is 138 cm³/mol. The van der Waals surface area contributed by atoms with Crippen molar-refractivity contribution in [1.29, 1.82) is 0 Å². The van der Waals surface area contributed by atoms with E-state index < -0.39 is 0 Å². The van der Waals surface area contributed by atoms with Crippen molar-refractivity contribution in [3.8, 4) is 0 Å². The number of imide groups is 1. The molecule has 4 fully saturated rings. The first-order valence-corrected chi connectivity index (χ1v) is 14.3. The van der Waals surface area contributed by atoms with E-state index in [0.29, 0.717) is 30.2 Å². The normalized spacial score (nSPS) is 35.0. The minimum Gasteiger partial charge on any atom is -0.353 e. The Bertz CT molecular complexity index is 1140. The van der Waals surface area contributed by atoms with Gasteiger partial charge in [-0.25, -0.2) is 0 Å². The molecule has 2 amide bonds. The van der Waals surface area contributed by atoms with E-state index in [0.717, 1.165) is 51.4 Å². The van der Waals surface area contributed by atoms with Gasteiger partial charge in [-0.05, 0) is 66.6 Å². The van der Waals surface area contributed by atoms with Crippen LogP contribution >= 0.6 is 11.5 Å². The van der Waals surface area contributed by atoms with Crippen molar-refractivity contribution in [2.75, 3.05) is 44.2 Å². The number of carbonyl (C=O) groups excluding carboxylic acids is 2. The number of rotatable bonds is 5. The van der Waals surface area contributed by atoms with Crippen LogP contribution < -0.4 is 4.90 Å². The molecule has 7 rings (SSSR count). The smallest absolute Gasteiger partial charge is 0.233 e. The highest BCUT2D eigenvalue weighted by Crippen LogP contribution is 2.52. The van der Waals surface area contributed by atoms with Gasteiger partial charge in [0, 0.05) is 44.7 Å². The SMILES string of the molecule is O=C1[C@@H]2[C@H](C(=O)N1C[C@@H]1CCCC[C@@H]1CN1CCN(c3nsc4ccccc34)CC1)[C@@H]1C=C[C@H]2C1. The number of amides is 2. The minimum absolute atomic E-state index is 0.0607. The number of piperazine rings is 1. The molecule has 0 radical (unpaired) electrons. The van der Waals surface area contributed by atoms with Gasteiger partial charge in [0.1, 0.15) is 5.82 Å². The number of likely N-dealkylation sites (tertiary alicyclic amines) is 1. The highest BCUT2D eigenvalue weighted by molar-refractivity contribution is 7.13. The molecule has 0 spiro atoms. The van der Waals surface area contributed by atoms with Crippen LogP contribution in [-0.4, -0.2) is 65.3 Å². The number of anilines is 1.